The Hall–Kier alpha value is -3.40. The molecule has 10 heteroatoms. The van der Waals surface area contributed by atoms with Crippen LogP contribution in [0.5, 0.6) is 11.5 Å². The van der Waals surface area contributed by atoms with Gasteiger partial charge in [0.15, 0.2) is 6.10 Å². The molecule has 2 aliphatic rings. The zero-order valence-electron chi connectivity index (χ0n) is 24.1. The summed E-state index contributed by atoms with van der Waals surface area (Å²) in [5, 5.41) is 0.138. The number of carbonyl (C=O) groups is 2. The monoisotopic (exact) mass is 609 g/mol. The van der Waals surface area contributed by atoms with E-state index >= 15 is 0 Å². The minimum absolute atomic E-state index is 0.236. The number of esters is 1. The molecule has 0 bridgehead atoms. The van der Waals surface area contributed by atoms with E-state index in [1.54, 1.807) is 25.2 Å². The zero-order valence-corrected chi connectivity index (χ0v) is 25.7. The number of rotatable bonds is 9. The number of amides is 1. The van der Waals surface area contributed by atoms with E-state index in [0.29, 0.717) is 17.3 Å². The summed E-state index contributed by atoms with van der Waals surface area (Å²) in [4.78, 5) is 33.8. The summed E-state index contributed by atoms with van der Waals surface area (Å²) in [7, 11) is 3.31. The molecule has 3 aromatic rings. The summed E-state index contributed by atoms with van der Waals surface area (Å²) in [6.45, 7) is 6.33. The van der Waals surface area contributed by atoms with Gasteiger partial charge in [-0.15, -0.1) is 11.8 Å². The normalized spacial score (nSPS) is 19.2. The van der Waals surface area contributed by atoms with Gasteiger partial charge in [-0.05, 0) is 61.0 Å². The van der Waals surface area contributed by atoms with Gasteiger partial charge < -0.3 is 24.0 Å². The molecule has 0 N–H and O–H groups in total. The standard InChI is InChI=1S/C32H36ClN3O5S/c1-22(37)41-30-31(23-9-12-25(39-2)13-10-23)42-29-21-24(33)11-14-27(29)36(32(30)38)16-6-15-34-17-19-35(20-18-34)26-7-4-5-8-28(26)40-3/h4-5,7-14,21,30-31H,6,15-20H2,1-3H3/t30-,31+/m1/s1. The molecule has 5 rings (SSSR count). The molecule has 1 amide bonds. The predicted octanol–water partition coefficient (Wildman–Crippen LogP) is 5.68. The Morgan fingerprint density at radius 3 is 2.36 bits per heavy atom. The van der Waals surface area contributed by atoms with Crippen LogP contribution in [0.25, 0.3) is 0 Å². The minimum Gasteiger partial charge on any atom is -0.497 e. The molecular formula is C32H36ClN3O5S. The molecular weight excluding hydrogens is 574 g/mol. The van der Waals surface area contributed by atoms with Crippen molar-refractivity contribution in [2.45, 2.75) is 29.6 Å². The molecule has 0 aromatic heterocycles. The molecule has 1 fully saturated rings. The third kappa shape index (κ3) is 6.80. The fourth-order valence-electron chi connectivity index (χ4n) is 5.52. The van der Waals surface area contributed by atoms with Crippen molar-refractivity contribution in [3.05, 3.63) is 77.3 Å². The second-order valence-corrected chi connectivity index (χ2v) is 11.9. The number of methoxy groups -OCH3 is 2. The lowest BCUT2D eigenvalue weighted by atomic mass is 10.1. The van der Waals surface area contributed by atoms with Crippen molar-refractivity contribution in [2.24, 2.45) is 0 Å². The maximum atomic E-state index is 14.1. The molecule has 2 atom stereocenters. The lowest BCUT2D eigenvalue weighted by Crippen LogP contribution is -2.48. The Morgan fingerprint density at radius 2 is 1.67 bits per heavy atom. The Morgan fingerprint density at radius 1 is 0.929 bits per heavy atom. The van der Waals surface area contributed by atoms with Crippen molar-refractivity contribution in [2.75, 3.05) is 63.3 Å². The fraction of sp³-hybridized carbons (Fsp3) is 0.375. The van der Waals surface area contributed by atoms with E-state index in [9.17, 15) is 9.59 Å². The molecule has 8 nitrogen and oxygen atoms in total. The number of hydrogen-bond acceptors (Lipinski definition) is 8. The summed E-state index contributed by atoms with van der Waals surface area (Å²) < 4.78 is 16.6. The molecule has 42 heavy (non-hydrogen) atoms. The van der Waals surface area contributed by atoms with E-state index in [1.165, 1.54) is 18.7 Å². The van der Waals surface area contributed by atoms with Gasteiger partial charge in [-0.1, -0.05) is 35.9 Å². The van der Waals surface area contributed by atoms with Gasteiger partial charge in [0.05, 0.1) is 30.8 Å². The molecule has 2 aliphatic heterocycles. The summed E-state index contributed by atoms with van der Waals surface area (Å²) in [6.07, 6.45) is -0.218. The smallest absolute Gasteiger partial charge is 0.303 e. The van der Waals surface area contributed by atoms with Gasteiger partial charge in [0.2, 0.25) is 0 Å². The molecule has 0 radical (unpaired) electrons. The number of thioether (sulfide) groups is 1. The number of anilines is 2. The number of para-hydroxylation sites is 2. The summed E-state index contributed by atoms with van der Waals surface area (Å²) in [5.41, 5.74) is 2.76. The van der Waals surface area contributed by atoms with Crippen molar-refractivity contribution in [1.82, 2.24) is 4.90 Å². The quantitative estimate of drug-likeness (QED) is 0.287. The van der Waals surface area contributed by atoms with E-state index in [2.05, 4.69) is 15.9 Å². The molecule has 222 valence electrons. The predicted molar refractivity (Wildman–Crippen MR) is 167 cm³/mol. The van der Waals surface area contributed by atoms with E-state index in [0.717, 1.165) is 66.7 Å². The first-order valence-electron chi connectivity index (χ1n) is 14.1. The topological polar surface area (TPSA) is 71.6 Å². The third-order valence-electron chi connectivity index (χ3n) is 7.64. The average Bonchev–Trinajstić information content (AvgIpc) is 3.11. The molecule has 0 unspecified atom stereocenters. The van der Waals surface area contributed by atoms with Gasteiger partial charge in [-0.3, -0.25) is 14.5 Å². The largest absolute Gasteiger partial charge is 0.497 e. The number of carbonyl (C=O) groups excluding carboxylic acids is 2. The van der Waals surface area contributed by atoms with Crippen molar-refractivity contribution in [1.29, 1.82) is 0 Å². The Bertz CT molecular complexity index is 1400. The van der Waals surface area contributed by atoms with Crippen LogP contribution in [-0.2, 0) is 14.3 Å². The minimum atomic E-state index is -0.989. The lowest BCUT2D eigenvalue weighted by molar-refractivity contribution is -0.152. The molecule has 0 spiro atoms. The highest BCUT2D eigenvalue weighted by Gasteiger charge is 2.41. The van der Waals surface area contributed by atoms with E-state index < -0.39 is 17.3 Å². The molecule has 2 heterocycles. The highest BCUT2D eigenvalue weighted by atomic mass is 35.5. The SMILES string of the molecule is COc1ccc([C@@H]2Sc3cc(Cl)ccc3N(CCCN3CCN(c4ccccc4OC)CC3)C(=O)[C@@H]2OC(C)=O)cc1. The Balaban J connectivity index is 1.31. The number of hydrogen-bond donors (Lipinski definition) is 0. The maximum Gasteiger partial charge on any atom is 0.303 e. The van der Waals surface area contributed by atoms with Crippen LogP contribution in [0.3, 0.4) is 0 Å². The second-order valence-electron chi connectivity index (χ2n) is 10.3. The molecule has 3 aromatic carbocycles. The zero-order chi connectivity index (χ0) is 29.6. The molecule has 1 saturated heterocycles. The number of benzene rings is 3. The van der Waals surface area contributed by atoms with E-state index in [1.807, 2.05) is 54.6 Å². The average molecular weight is 610 g/mol. The van der Waals surface area contributed by atoms with Gasteiger partial charge in [-0.2, -0.15) is 0 Å². The summed E-state index contributed by atoms with van der Waals surface area (Å²) >= 11 is 7.90. The molecule has 0 saturated carbocycles. The highest BCUT2D eigenvalue weighted by molar-refractivity contribution is 7.99. The van der Waals surface area contributed by atoms with Crippen LogP contribution in [0.2, 0.25) is 5.02 Å². The van der Waals surface area contributed by atoms with Crippen molar-refractivity contribution in [3.63, 3.8) is 0 Å². The Kier molecular flexibility index (Phi) is 9.82. The second kappa shape index (κ2) is 13.7. The van der Waals surface area contributed by atoms with Gasteiger partial charge in [0, 0.05) is 49.6 Å². The van der Waals surface area contributed by atoms with Gasteiger partial charge >= 0.3 is 5.97 Å². The summed E-state index contributed by atoms with van der Waals surface area (Å²) in [5.74, 6) is 0.865. The number of ether oxygens (including phenoxy) is 3. The van der Waals surface area contributed by atoms with Gasteiger partial charge in [-0.25, -0.2) is 0 Å². The van der Waals surface area contributed by atoms with Crippen LogP contribution < -0.4 is 19.3 Å². The van der Waals surface area contributed by atoms with Crippen LogP contribution in [0.1, 0.15) is 24.2 Å². The van der Waals surface area contributed by atoms with E-state index in [4.69, 9.17) is 25.8 Å². The third-order valence-corrected chi connectivity index (χ3v) is 9.23. The first-order chi connectivity index (χ1) is 20.4. The summed E-state index contributed by atoms with van der Waals surface area (Å²) in [6, 6.07) is 21.2. The lowest BCUT2D eigenvalue weighted by Gasteiger charge is -2.37. The van der Waals surface area contributed by atoms with Crippen LogP contribution >= 0.6 is 23.4 Å². The van der Waals surface area contributed by atoms with Crippen LogP contribution in [0.4, 0.5) is 11.4 Å². The van der Waals surface area contributed by atoms with Crippen molar-refractivity contribution >= 4 is 46.6 Å². The number of fused-ring (bicyclic) bond motifs is 1. The fourth-order valence-corrected chi connectivity index (χ4v) is 7.11. The van der Waals surface area contributed by atoms with Gasteiger partial charge in [0.25, 0.3) is 5.91 Å². The first-order valence-corrected chi connectivity index (χ1v) is 15.3. The van der Waals surface area contributed by atoms with E-state index in [-0.39, 0.29) is 5.91 Å². The van der Waals surface area contributed by atoms with Crippen LogP contribution in [-0.4, -0.2) is 76.4 Å². The maximum absolute atomic E-state index is 14.1. The van der Waals surface area contributed by atoms with Crippen LogP contribution in [0, 0.1) is 0 Å². The number of nitrogens with zero attached hydrogens (tertiary/aromatic N) is 3. The van der Waals surface area contributed by atoms with Gasteiger partial charge in [0.1, 0.15) is 11.5 Å². The van der Waals surface area contributed by atoms with Crippen molar-refractivity contribution < 1.29 is 23.8 Å². The number of halogens is 1. The van der Waals surface area contributed by atoms with Crippen molar-refractivity contribution in [3.8, 4) is 11.5 Å². The molecule has 0 aliphatic carbocycles. The van der Waals surface area contributed by atoms with Crippen LogP contribution in [0.15, 0.2) is 71.6 Å². The highest BCUT2D eigenvalue weighted by Crippen LogP contribution is 2.47. The number of piperazine rings is 1. The first kappa shape index (κ1) is 30.1. The Labute approximate surface area is 256 Å².